The number of carboxylic acid groups (broad SMARTS) is 1. The number of carbonyl (C=O) groups is 2. The van der Waals surface area contributed by atoms with Crippen LogP contribution in [0.15, 0.2) is 42.1 Å². The predicted molar refractivity (Wildman–Crippen MR) is 64.5 cm³/mol. The van der Waals surface area contributed by atoms with Crippen LogP contribution in [0.25, 0.3) is 0 Å². The van der Waals surface area contributed by atoms with Crippen molar-refractivity contribution in [2.24, 2.45) is 5.92 Å². The van der Waals surface area contributed by atoms with Crippen molar-refractivity contribution in [1.82, 2.24) is 5.32 Å². The number of benzene rings is 1. The highest BCUT2D eigenvalue weighted by atomic mass is 16.4. The van der Waals surface area contributed by atoms with Crippen molar-refractivity contribution in [1.29, 1.82) is 0 Å². The summed E-state index contributed by atoms with van der Waals surface area (Å²) >= 11 is 0. The molecule has 0 radical (unpaired) electrons. The maximum atomic E-state index is 11.7. The van der Waals surface area contributed by atoms with Crippen LogP contribution in [-0.2, 0) is 4.79 Å². The molecule has 0 bridgehead atoms. The zero-order valence-electron chi connectivity index (χ0n) is 9.81. The van der Waals surface area contributed by atoms with Gasteiger partial charge in [-0.2, -0.15) is 0 Å². The second-order valence-electron chi connectivity index (χ2n) is 3.95. The Balaban J connectivity index is 2.83. The summed E-state index contributed by atoms with van der Waals surface area (Å²) in [6, 6.07) is 8.50. The topological polar surface area (TPSA) is 66.4 Å². The van der Waals surface area contributed by atoms with Gasteiger partial charge in [0.15, 0.2) is 0 Å². The van der Waals surface area contributed by atoms with Crippen LogP contribution in [0.4, 0.5) is 0 Å². The number of allylic oxidation sites excluding steroid dienone is 1. The van der Waals surface area contributed by atoms with Gasteiger partial charge in [-0.1, -0.05) is 38.1 Å². The highest BCUT2D eigenvalue weighted by Crippen LogP contribution is 2.03. The van der Waals surface area contributed by atoms with E-state index >= 15 is 0 Å². The normalized spacial score (nSPS) is 11.4. The number of rotatable bonds is 4. The molecule has 0 heterocycles. The van der Waals surface area contributed by atoms with E-state index in [4.69, 9.17) is 5.11 Å². The second kappa shape index (κ2) is 5.84. The van der Waals surface area contributed by atoms with Crippen molar-refractivity contribution in [3.05, 3.63) is 47.7 Å². The molecule has 0 spiro atoms. The van der Waals surface area contributed by atoms with E-state index < -0.39 is 11.9 Å². The second-order valence-corrected chi connectivity index (χ2v) is 3.95. The van der Waals surface area contributed by atoms with Gasteiger partial charge in [-0.05, 0) is 18.1 Å². The summed E-state index contributed by atoms with van der Waals surface area (Å²) in [6.07, 6.45) is 1.50. The summed E-state index contributed by atoms with van der Waals surface area (Å²) in [5.41, 5.74) is 0.345. The minimum absolute atomic E-state index is 0.0529. The average molecular weight is 233 g/mol. The molecule has 1 aromatic carbocycles. The molecular weight excluding hydrogens is 218 g/mol. The van der Waals surface area contributed by atoms with Crippen molar-refractivity contribution >= 4 is 11.9 Å². The van der Waals surface area contributed by atoms with E-state index in [0.29, 0.717) is 5.56 Å². The van der Waals surface area contributed by atoms with Crippen molar-refractivity contribution in [2.45, 2.75) is 13.8 Å². The van der Waals surface area contributed by atoms with E-state index in [-0.39, 0.29) is 11.6 Å². The number of aliphatic carboxylic acids is 1. The number of amides is 1. The molecule has 0 aliphatic carbocycles. The van der Waals surface area contributed by atoms with E-state index in [0.717, 1.165) is 0 Å². The molecule has 0 aromatic heterocycles. The number of nitrogens with one attached hydrogen (secondary N) is 1. The fourth-order valence-electron chi connectivity index (χ4n) is 1.28. The standard InChI is InChI=1S/C13H15NO3/c1-9(2)8-11(13(16)17)14-12(15)10-6-4-3-5-7-10/h3-9H,1-2H3,(H,14,15)(H,16,17)/b11-8-. The van der Waals surface area contributed by atoms with Crippen molar-refractivity contribution in [3.63, 3.8) is 0 Å². The zero-order valence-corrected chi connectivity index (χ0v) is 9.81. The van der Waals surface area contributed by atoms with Gasteiger partial charge in [0.1, 0.15) is 5.70 Å². The van der Waals surface area contributed by atoms with Gasteiger partial charge in [0.05, 0.1) is 0 Å². The van der Waals surface area contributed by atoms with E-state index in [9.17, 15) is 9.59 Å². The van der Waals surface area contributed by atoms with Gasteiger partial charge in [0.2, 0.25) is 0 Å². The van der Waals surface area contributed by atoms with Gasteiger partial charge in [0.25, 0.3) is 5.91 Å². The van der Waals surface area contributed by atoms with Crippen LogP contribution in [0, 0.1) is 5.92 Å². The highest BCUT2D eigenvalue weighted by Gasteiger charge is 2.13. The Labute approximate surface area is 100.0 Å². The molecule has 4 heteroatoms. The van der Waals surface area contributed by atoms with E-state index in [1.807, 2.05) is 13.8 Å². The SMILES string of the molecule is CC(C)/C=C(\NC(=O)c1ccccc1)C(=O)O. The predicted octanol–water partition coefficient (Wildman–Crippen LogP) is 2.04. The molecule has 0 unspecified atom stereocenters. The summed E-state index contributed by atoms with van der Waals surface area (Å²) in [5.74, 6) is -1.50. The minimum Gasteiger partial charge on any atom is -0.477 e. The molecule has 1 aromatic rings. The molecule has 2 N–H and O–H groups in total. The lowest BCUT2D eigenvalue weighted by Crippen LogP contribution is -2.27. The lowest BCUT2D eigenvalue weighted by Gasteiger charge is -2.07. The maximum absolute atomic E-state index is 11.7. The van der Waals surface area contributed by atoms with Crippen LogP contribution in [0.3, 0.4) is 0 Å². The average Bonchev–Trinajstić information content (AvgIpc) is 2.28. The largest absolute Gasteiger partial charge is 0.477 e. The third-order valence-electron chi connectivity index (χ3n) is 2.01. The third kappa shape index (κ3) is 4.10. The quantitative estimate of drug-likeness (QED) is 0.782. The first-order valence-corrected chi connectivity index (χ1v) is 5.32. The molecule has 1 rings (SSSR count). The number of carbonyl (C=O) groups excluding carboxylic acids is 1. The van der Waals surface area contributed by atoms with Crippen molar-refractivity contribution < 1.29 is 14.7 Å². The molecule has 0 saturated heterocycles. The Morgan fingerprint density at radius 2 is 1.82 bits per heavy atom. The van der Waals surface area contributed by atoms with Crippen molar-refractivity contribution in [3.8, 4) is 0 Å². The summed E-state index contributed by atoms with van der Waals surface area (Å²) in [4.78, 5) is 22.6. The lowest BCUT2D eigenvalue weighted by molar-refractivity contribution is -0.133. The number of carboxylic acids is 1. The Kier molecular flexibility index (Phi) is 4.46. The first kappa shape index (κ1) is 13.0. The summed E-state index contributed by atoms with van der Waals surface area (Å²) in [7, 11) is 0. The van der Waals surface area contributed by atoms with Gasteiger partial charge in [-0.25, -0.2) is 4.79 Å². The Hall–Kier alpha value is -2.10. The summed E-state index contributed by atoms with van der Waals surface area (Å²) < 4.78 is 0. The molecule has 4 nitrogen and oxygen atoms in total. The summed E-state index contributed by atoms with van der Waals surface area (Å²) in [5, 5.41) is 11.3. The molecule has 1 amide bonds. The summed E-state index contributed by atoms with van der Waals surface area (Å²) in [6.45, 7) is 3.69. The highest BCUT2D eigenvalue weighted by molar-refractivity contribution is 6.00. The third-order valence-corrected chi connectivity index (χ3v) is 2.01. The first-order valence-electron chi connectivity index (χ1n) is 5.32. The fourth-order valence-corrected chi connectivity index (χ4v) is 1.28. The molecule has 0 aliphatic rings. The number of hydrogen-bond donors (Lipinski definition) is 2. The fraction of sp³-hybridized carbons (Fsp3) is 0.231. The van der Waals surface area contributed by atoms with E-state index in [2.05, 4.69) is 5.32 Å². The van der Waals surface area contributed by atoms with Crippen LogP contribution in [-0.4, -0.2) is 17.0 Å². The maximum Gasteiger partial charge on any atom is 0.352 e. The van der Waals surface area contributed by atoms with Gasteiger partial charge in [-0.15, -0.1) is 0 Å². The molecular formula is C13H15NO3. The molecule has 0 fully saturated rings. The first-order chi connectivity index (χ1) is 8.00. The Morgan fingerprint density at radius 1 is 1.24 bits per heavy atom. The van der Waals surface area contributed by atoms with Gasteiger partial charge in [0, 0.05) is 5.56 Å². The number of hydrogen-bond acceptors (Lipinski definition) is 2. The Morgan fingerprint density at radius 3 is 2.29 bits per heavy atom. The molecule has 0 saturated carbocycles. The molecule has 90 valence electrons. The van der Waals surface area contributed by atoms with Crippen LogP contribution < -0.4 is 5.32 Å². The van der Waals surface area contributed by atoms with Crippen molar-refractivity contribution in [2.75, 3.05) is 0 Å². The van der Waals surface area contributed by atoms with Crippen LogP contribution in [0.1, 0.15) is 24.2 Å². The monoisotopic (exact) mass is 233 g/mol. The van der Waals surface area contributed by atoms with Crippen LogP contribution >= 0.6 is 0 Å². The van der Waals surface area contributed by atoms with E-state index in [1.165, 1.54) is 6.08 Å². The van der Waals surface area contributed by atoms with E-state index in [1.54, 1.807) is 30.3 Å². The molecule has 17 heavy (non-hydrogen) atoms. The van der Waals surface area contributed by atoms with Crippen LogP contribution in [0.5, 0.6) is 0 Å². The minimum atomic E-state index is -1.14. The smallest absolute Gasteiger partial charge is 0.352 e. The van der Waals surface area contributed by atoms with Gasteiger partial charge < -0.3 is 10.4 Å². The zero-order chi connectivity index (χ0) is 12.8. The van der Waals surface area contributed by atoms with Crippen LogP contribution in [0.2, 0.25) is 0 Å². The lowest BCUT2D eigenvalue weighted by atomic mass is 10.1. The van der Waals surface area contributed by atoms with Gasteiger partial charge in [-0.3, -0.25) is 4.79 Å². The Bertz CT molecular complexity index is 435. The van der Waals surface area contributed by atoms with Gasteiger partial charge >= 0.3 is 5.97 Å². The molecule has 0 atom stereocenters. The molecule has 0 aliphatic heterocycles.